The van der Waals surface area contributed by atoms with Crippen LogP contribution in [-0.2, 0) is 6.54 Å². The largest absolute Gasteiger partial charge is 0.478 e. The van der Waals surface area contributed by atoms with Gasteiger partial charge in [-0.2, -0.15) is 0 Å². The summed E-state index contributed by atoms with van der Waals surface area (Å²) < 4.78 is 1.57. The summed E-state index contributed by atoms with van der Waals surface area (Å²) in [5, 5.41) is 12.0. The Morgan fingerprint density at radius 3 is 3.00 bits per heavy atom. The van der Waals surface area contributed by atoms with Crippen LogP contribution in [0.25, 0.3) is 0 Å². The van der Waals surface area contributed by atoms with Crippen LogP contribution in [0.4, 0.5) is 0 Å². The molecule has 1 aromatic heterocycles. The summed E-state index contributed by atoms with van der Waals surface area (Å²) in [4.78, 5) is 22.3. The Morgan fingerprint density at radius 1 is 1.62 bits per heavy atom. The molecule has 5 nitrogen and oxygen atoms in total. The van der Waals surface area contributed by atoms with Gasteiger partial charge < -0.3 is 15.0 Å². The van der Waals surface area contributed by atoms with Crippen LogP contribution < -0.4 is 10.9 Å². The quantitative estimate of drug-likeness (QED) is 0.764. The van der Waals surface area contributed by atoms with Crippen LogP contribution in [-0.4, -0.2) is 28.7 Å². The zero-order chi connectivity index (χ0) is 11.5. The van der Waals surface area contributed by atoms with Crippen molar-refractivity contribution in [1.82, 2.24) is 9.88 Å². The topological polar surface area (TPSA) is 71.3 Å². The van der Waals surface area contributed by atoms with Gasteiger partial charge in [-0.3, -0.25) is 4.79 Å². The Balaban J connectivity index is 2.16. The van der Waals surface area contributed by atoms with E-state index in [9.17, 15) is 9.59 Å². The number of carbonyl (C=O) groups is 1. The van der Waals surface area contributed by atoms with Crippen molar-refractivity contribution in [3.63, 3.8) is 0 Å². The number of pyridine rings is 1. The molecule has 1 saturated heterocycles. The summed E-state index contributed by atoms with van der Waals surface area (Å²) in [6.45, 7) is 2.57. The van der Waals surface area contributed by atoms with E-state index in [2.05, 4.69) is 5.32 Å². The third kappa shape index (κ3) is 2.30. The molecule has 0 aromatic carbocycles. The van der Waals surface area contributed by atoms with E-state index in [1.54, 1.807) is 10.8 Å². The molecule has 2 N–H and O–H groups in total. The number of hydrogen-bond acceptors (Lipinski definition) is 3. The van der Waals surface area contributed by atoms with Gasteiger partial charge >= 0.3 is 5.97 Å². The lowest BCUT2D eigenvalue weighted by atomic mass is 10.1. The second-order valence-electron chi connectivity index (χ2n) is 4.07. The maximum atomic E-state index is 11.6. The molecule has 16 heavy (non-hydrogen) atoms. The van der Waals surface area contributed by atoms with Gasteiger partial charge in [-0.15, -0.1) is 0 Å². The fourth-order valence-electron chi connectivity index (χ4n) is 1.94. The van der Waals surface area contributed by atoms with Gasteiger partial charge in [0.05, 0.1) is 5.56 Å². The third-order valence-corrected chi connectivity index (χ3v) is 2.86. The number of aromatic carboxylic acids is 1. The van der Waals surface area contributed by atoms with Gasteiger partial charge in [0.25, 0.3) is 5.56 Å². The minimum Gasteiger partial charge on any atom is -0.478 e. The van der Waals surface area contributed by atoms with Crippen molar-refractivity contribution in [2.45, 2.75) is 13.0 Å². The van der Waals surface area contributed by atoms with E-state index in [1.807, 2.05) is 0 Å². The number of nitrogens with zero attached hydrogens (tertiary/aromatic N) is 1. The van der Waals surface area contributed by atoms with Crippen LogP contribution in [0.3, 0.4) is 0 Å². The molecule has 1 unspecified atom stereocenters. The maximum Gasteiger partial charge on any atom is 0.335 e. The predicted molar refractivity (Wildman–Crippen MR) is 58.6 cm³/mol. The Labute approximate surface area is 92.7 Å². The number of nitrogens with one attached hydrogen (secondary N) is 1. The SMILES string of the molecule is O=C(O)c1ccn(CC2CCNC2)c(=O)c1. The standard InChI is InChI=1S/C11H14N2O3/c14-10-5-9(11(15)16)2-4-13(10)7-8-1-3-12-6-8/h2,4-5,8,12H,1,3,6-7H2,(H,15,16). The fourth-order valence-corrected chi connectivity index (χ4v) is 1.94. The normalized spacial score (nSPS) is 19.9. The lowest BCUT2D eigenvalue weighted by Crippen LogP contribution is -2.25. The summed E-state index contributed by atoms with van der Waals surface area (Å²) in [5.41, 5.74) is -0.197. The number of hydrogen-bond donors (Lipinski definition) is 2. The monoisotopic (exact) mass is 222 g/mol. The van der Waals surface area contributed by atoms with Crippen LogP contribution in [0.15, 0.2) is 23.1 Å². The Kier molecular flexibility index (Phi) is 3.05. The molecule has 0 radical (unpaired) electrons. The molecular weight excluding hydrogens is 208 g/mol. The van der Waals surface area contributed by atoms with Crippen LogP contribution >= 0.6 is 0 Å². The Hall–Kier alpha value is -1.62. The van der Waals surface area contributed by atoms with Crippen molar-refractivity contribution in [3.8, 4) is 0 Å². The lowest BCUT2D eigenvalue weighted by molar-refractivity contribution is 0.0696. The highest BCUT2D eigenvalue weighted by atomic mass is 16.4. The summed E-state index contributed by atoms with van der Waals surface area (Å²) in [7, 11) is 0. The van der Waals surface area contributed by atoms with Crippen LogP contribution in [0.5, 0.6) is 0 Å². The van der Waals surface area contributed by atoms with Crippen molar-refractivity contribution in [1.29, 1.82) is 0 Å². The zero-order valence-corrected chi connectivity index (χ0v) is 8.85. The molecule has 0 aliphatic carbocycles. The molecule has 86 valence electrons. The minimum absolute atomic E-state index is 0.0470. The van der Waals surface area contributed by atoms with Crippen molar-refractivity contribution in [3.05, 3.63) is 34.2 Å². The second kappa shape index (κ2) is 4.49. The van der Waals surface area contributed by atoms with Crippen LogP contribution in [0.1, 0.15) is 16.8 Å². The lowest BCUT2D eigenvalue weighted by Gasteiger charge is -2.10. The molecule has 1 atom stereocenters. The highest BCUT2D eigenvalue weighted by Gasteiger charge is 2.15. The first-order chi connectivity index (χ1) is 7.66. The van der Waals surface area contributed by atoms with Crippen molar-refractivity contribution in [2.24, 2.45) is 5.92 Å². The maximum absolute atomic E-state index is 11.6. The molecule has 2 heterocycles. The summed E-state index contributed by atoms with van der Waals surface area (Å²) in [5.74, 6) is -0.597. The smallest absolute Gasteiger partial charge is 0.335 e. The first kappa shape index (κ1) is 10.9. The van der Waals surface area contributed by atoms with Gasteiger partial charge in [0, 0.05) is 18.8 Å². The molecule has 0 bridgehead atoms. The summed E-state index contributed by atoms with van der Waals surface area (Å²) in [6, 6.07) is 2.64. The average Bonchev–Trinajstić information content (AvgIpc) is 2.73. The number of carboxylic acids is 1. The Bertz CT molecular complexity index is 447. The van der Waals surface area contributed by atoms with E-state index in [0.717, 1.165) is 19.5 Å². The Morgan fingerprint density at radius 2 is 2.44 bits per heavy atom. The highest BCUT2D eigenvalue weighted by molar-refractivity contribution is 5.87. The van der Waals surface area contributed by atoms with E-state index in [4.69, 9.17) is 5.11 Å². The molecule has 0 saturated carbocycles. The van der Waals surface area contributed by atoms with Gasteiger partial charge in [0.2, 0.25) is 0 Å². The van der Waals surface area contributed by atoms with E-state index in [-0.39, 0.29) is 11.1 Å². The third-order valence-electron chi connectivity index (χ3n) is 2.86. The van der Waals surface area contributed by atoms with Gasteiger partial charge in [-0.1, -0.05) is 0 Å². The molecule has 1 fully saturated rings. The average molecular weight is 222 g/mol. The molecule has 1 aliphatic rings. The van der Waals surface area contributed by atoms with Gasteiger partial charge in [0.15, 0.2) is 0 Å². The van der Waals surface area contributed by atoms with E-state index < -0.39 is 5.97 Å². The first-order valence-corrected chi connectivity index (χ1v) is 5.31. The fraction of sp³-hybridized carbons (Fsp3) is 0.455. The molecule has 1 aromatic rings. The van der Waals surface area contributed by atoms with E-state index >= 15 is 0 Å². The molecular formula is C11H14N2O3. The number of aromatic nitrogens is 1. The van der Waals surface area contributed by atoms with E-state index in [0.29, 0.717) is 12.5 Å². The van der Waals surface area contributed by atoms with Gasteiger partial charge in [0.1, 0.15) is 0 Å². The summed E-state index contributed by atoms with van der Waals surface area (Å²) in [6.07, 6.45) is 2.62. The molecule has 0 spiro atoms. The molecule has 2 rings (SSSR count). The van der Waals surface area contributed by atoms with Crippen molar-refractivity contribution in [2.75, 3.05) is 13.1 Å². The zero-order valence-electron chi connectivity index (χ0n) is 8.85. The van der Waals surface area contributed by atoms with Crippen molar-refractivity contribution >= 4 is 5.97 Å². The number of rotatable bonds is 3. The van der Waals surface area contributed by atoms with Crippen LogP contribution in [0, 0.1) is 5.92 Å². The molecule has 0 amide bonds. The van der Waals surface area contributed by atoms with Gasteiger partial charge in [-0.05, 0) is 31.5 Å². The predicted octanol–water partition coefficient (Wildman–Crippen LogP) is 0.156. The molecule has 5 heteroatoms. The molecule has 1 aliphatic heterocycles. The van der Waals surface area contributed by atoms with Gasteiger partial charge in [-0.25, -0.2) is 4.79 Å². The minimum atomic E-state index is -1.06. The summed E-state index contributed by atoms with van der Waals surface area (Å²) >= 11 is 0. The first-order valence-electron chi connectivity index (χ1n) is 5.31. The van der Waals surface area contributed by atoms with Crippen molar-refractivity contribution < 1.29 is 9.90 Å². The highest BCUT2D eigenvalue weighted by Crippen LogP contribution is 2.09. The second-order valence-corrected chi connectivity index (χ2v) is 4.07. The number of carboxylic acid groups (broad SMARTS) is 1. The van der Waals surface area contributed by atoms with E-state index in [1.165, 1.54) is 12.1 Å². The van der Waals surface area contributed by atoms with Crippen LogP contribution in [0.2, 0.25) is 0 Å².